The molecule has 2 rings (SSSR count). The zero-order valence-corrected chi connectivity index (χ0v) is 12.2. The van der Waals surface area contributed by atoms with E-state index >= 15 is 0 Å². The quantitative estimate of drug-likeness (QED) is 0.662. The second kappa shape index (κ2) is 5.83. The molecule has 0 fully saturated rings. The number of rotatable bonds is 4. The first-order valence-corrected chi connectivity index (χ1v) is 6.46. The molecule has 1 aromatic rings. The van der Waals surface area contributed by atoms with Crippen molar-refractivity contribution in [2.75, 3.05) is 0 Å². The highest BCUT2D eigenvalue weighted by atomic mass is 16.6. The van der Waals surface area contributed by atoms with E-state index in [-0.39, 0.29) is 17.0 Å². The molecule has 1 aromatic carbocycles. The summed E-state index contributed by atoms with van der Waals surface area (Å²) in [5.41, 5.74) is -1.22. The number of nitrogens with zero attached hydrogens (tertiary/aromatic N) is 3. The molecule has 10 nitrogen and oxygen atoms in total. The van der Waals surface area contributed by atoms with E-state index in [0.29, 0.717) is 0 Å². The normalized spacial score (nSPS) is 15.4. The second-order valence-corrected chi connectivity index (χ2v) is 4.91. The first-order chi connectivity index (χ1) is 10.8. The Hall–Kier alpha value is -3.30. The van der Waals surface area contributed by atoms with E-state index in [9.17, 15) is 30.3 Å². The maximum Gasteiger partial charge on any atom is 0.283 e. The van der Waals surface area contributed by atoms with Gasteiger partial charge in [0.15, 0.2) is 5.92 Å². The Balaban J connectivity index is 2.81. The Morgan fingerprint density at radius 1 is 0.870 bits per heavy atom. The van der Waals surface area contributed by atoms with Crippen molar-refractivity contribution in [1.29, 1.82) is 0 Å². The predicted octanol–water partition coefficient (Wildman–Crippen LogP) is 2.30. The van der Waals surface area contributed by atoms with E-state index in [1.807, 2.05) is 0 Å². The van der Waals surface area contributed by atoms with Crippen LogP contribution in [0.2, 0.25) is 0 Å². The number of benzene rings is 1. The van der Waals surface area contributed by atoms with Gasteiger partial charge in [0.25, 0.3) is 17.1 Å². The molecule has 1 aliphatic rings. The van der Waals surface area contributed by atoms with Crippen LogP contribution in [-0.2, 0) is 0 Å². The average Bonchev–Trinajstić information content (AvgIpc) is 2.45. The molecule has 1 aliphatic heterocycles. The van der Waals surface area contributed by atoms with Crippen molar-refractivity contribution in [3.8, 4) is 0 Å². The molecule has 1 N–H and O–H groups in total. The van der Waals surface area contributed by atoms with Crippen LogP contribution in [0.5, 0.6) is 0 Å². The van der Waals surface area contributed by atoms with Crippen molar-refractivity contribution in [3.63, 3.8) is 0 Å². The molecule has 0 saturated carbocycles. The minimum absolute atomic E-state index is 0.0869. The smallest absolute Gasteiger partial charge is 0.283 e. The van der Waals surface area contributed by atoms with Gasteiger partial charge in [-0.25, -0.2) is 0 Å². The third-order valence-electron chi connectivity index (χ3n) is 3.53. The number of nitrogens with one attached hydrogen (secondary N) is 1. The van der Waals surface area contributed by atoms with Crippen molar-refractivity contribution in [2.24, 2.45) is 0 Å². The van der Waals surface area contributed by atoms with E-state index in [1.165, 1.54) is 32.0 Å². The lowest BCUT2D eigenvalue weighted by Crippen LogP contribution is -2.30. The van der Waals surface area contributed by atoms with Crippen LogP contribution in [0.1, 0.15) is 25.3 Å². The van der Waals surface area contributed by atoms with Crippen LogP contribution < -0.4 is 5.32 Å². The maximum absolute atomic E-state index is 11.4. The summed E-state index contributed by atoms with van der Waals surface area (Å²) < 4.78 is 0. The van der Waals surface area contributed by atoms with Crippen molar-refractivity contribution in [3.05, 3.63) is 83.0 Å². The highest BCUT2D eigenvalue weighted by Crippen LogP contribution is 2.41. The van der Waals surface area contributed by atoms with E-state index < -0.39 is 37.8 Å². The summed E-state index contributed by atoms with van der Waals surface area (Å²) >= 11 is 0. The molecule has 23 heavy (non-hydrogen) atoms. The first-order valence-electron chi connectivity index (χ1n) is 6.46. The Bertz CT molecular complexity index is 746. The molecule has 0 spiro atoms. The second-order valence-electron chi connectivity index (χ2n) is 4.91. The highest BCUT2D eigenvalue weighted by Gasteiger charge is 2.46. The van der Waals surface area contributed by atoms with E-state index in [4.69, 9.17) is 0 Å². The fourth-order valence-electron chi connectivity index (χ4n) is 2.65. The molecule has 120 valence electrons. The van der Waals surface area contributed by atoms with Crippen LogP contribution in [0.4, 0.5) is 5.69 Å². The molecular weight excluding hydrogens is 308 g/mol. The van der Waals surface area contributed by atoms with Crippen LogP contribution in [0.3, 0.4) is 0 Å². The summed E-state index contributed by atoms with van der Waals surface area (Å²) in [7, 11) is 0. The predicted molar refractivity (Wildman–Crippen MR) is 78.4 cm³/mol. The van der Waals surface area contributed by atoms with Gasteiger partial charge in [-0.3, -0.25) is 30.3 Å². The van der Waals surface area contributed by atoms with Gasteiger partial charge in [-0.1, -0.05) is 18.2 Å². The number of hydrogen-bond acceptors (Lipinski definition) is 7. The molecule has 10 heteroatoms. The average molecular weight is 320 g/mol. The van der Waals surface area contributed by atoms with Crippen molar-refractivity contribution < 1.29 is 14.8 Å². The van der Waals surface area contributed by atoms with Gasteiger partial charge in [0.05, 0.1) is 31.7 Å². The Labute approximate surface area is 129 Å². The number of hydrogen-bond donors (Lipinski definition) is 1. The van der Waals surface area contributed by atoms with Gasteiger partial charge >= 0.3 is 0 Å². The third kappa shape index (κ3) is 2.73. The van der Waals surface area contributed by atoms with Gasteiger partial charge in [0.1, 0.15) is 0 Å². The highest BCUT2D eigenvalue weighted by molar-refractivity contribution is 5.50. The van der Waals surface area contributed by atoms with Gasteiger partial charge < -0.3 is 5.32 Å². The summed E-state index contributed by atoms with van der Waals surface area (Å²) in [5.74, 6) is -1.43. The molecule has 0 radical (unpaired) electrons. The monoisotopic (exact) mass is 320 g/mol. The van der Waals surface area contributed by atoms with E-state index in [1.54, 1.807) is 0 Å². The summed E-state index contributed by atoms with van der Waals surface area (Å²) in [6.07, 6.45) is 0. The Morgan fingerprint density at radius 3 is 1.78 bits per heavy atom. The number of dihydropyridines is 1. The molecule has 0 atom stereocenters. The Morgan fingerprint density at radius 2 is 1.35 bits per heavy atom. The summed E-state index contributed by atoms with van der Waals surface area (Å²) in [5, 5.41) is 36.6. The van der Waals surface area contributed by atoms with Gasteiger partial charge in [-0.2, -0.15) is 0 Å². The van der Waals surface area contributed by atoms with E-state index in [0.717, 1.165) is 6.07 Å². The number of nitro groups is 3. The summed E-state index contributed by atoms with van der Waals surface area (Å²) in [4.78, 5) is 31.8. The van der Waals surface area contributed by atoms with Gasteiger partial charge in [0.2, 0.25) is 0 Å². The largest absolute Gasteiger partial charge is 0.352 e. The van der Waals surface area contributed by atoms with Gasteiger partial charge in [-0.15, -0.1) is 0 Å². The van der Waals surface area contributed by atoms with Crippen LogP contribution >= 0.6 is 0 Å². The summed E-state index contributed by atoms with van der Waals surface area (Å²) in [6, 6.07) is 5.30. The fourth-order valence-corrected chi connectivity index (χ4v) is 2.65. The lowest BCUT2D eigenvalue weighted by atomic mass is 9.87. The molecule has 1 heterocycles. The third-order valence-corrected chi connectivity index (χ3v) is 3.53. The molecule has 0 unspecified atom stereocenters. The zero-order valence-electron chi connectivity index (χ0n) is 12.2. The first kappa shape index (κ1) is 16.1. The zero-order chi connectivity index (χ0) is 17.3. The molecule has 0 amide bonds. The number of allylic oxidation sites excluding steroid dienone is 2. The van der Waals surface area contributed by atoms with Crippen LogP contribution in [0, 0.1) is 30.3 Å². The van der Waals surface area contributed by atoms with Crippen molar-refractivity contribution >= 4 is 5.69 Å². The van der Waals surface area contributed by atoms with Crippen LogP contribution in [0.25, 0.3) is 0 Å². The molecule has 0 saturated heterocycles. The SMILES string of the molecule is CC1=C([N+](=O)[O-])C(c2ccccc2[N+](=O)[O-])C([N+](=O)[O-])=C(C)N1. The number of nitro benzene ring substituents is 1. The lowest BCUT2D eigenvalue weighted by Gasteiger charge is -2.21. The standard InChI is InChI=1S/C13H12N4O6/c1-7-12(16(20)21)11(13(17(22)23)8(2)14-7)9-5-3-4-6-10(9)15(18)19/h3-6,11,14H,1-2H3. The minimum Gasteiger partial charge on any atom is -0.352 e. The molecule has 0 bridgehead atoms. The Kier molecular flexibility index (Phi) is 4.08. The van der Waals surface area contributed by atoms with Crippen LogP contribution in [0.15, 0.2) is 47.1 Å². The molecule has 0 aromatic heterocycles. The van der Waals surface area contributed by atoms with Crippen molar-refractivity contribution in [1.82, 2.24) is 5.32 Å². The minimum atomic E-state index is -1.43. The molecule has 0 aliphatic carbocycles. The van der Waals surface area contributed by atoms with Gasteiger partial charge in [-0.05, 0) is 13.8 Å². The topological polar surface area (TPSA) is 141 Å². The van der Waals surface area contributed by atoms with Crippen LogP contribution in [-0.4, -0.2) is 14.8 Å². The van der Waals surface area contributed by atoms with Crippen molar-refractivity contribution in [2.45, 2.75) is 19.8 Å². The lowest BCUT2D eigenvalue weighted by molar-refractivity contribution is -0.457. The van der Waals surface area contributed by atoms with E-state index in [2.05, 4.69) is 5.32 Å². The maximum atomic E-state index is 11.4. The molecular formula is C13H12N4O6. The fraction of sp³-hybridized carbons (Fsp3) is 0.231. The van der Waals surface area contributed by atoms with Gasteiger partial charge in [0, 0.05) is 6.07 Å². The number of para-hydroxylation sites is 1. The summed E-state index contributed by atoms with van der Waals surface area (Å²) in [6.45, 7) is 2.81.